The molecule has 0 fully saturated rings. The molecule has 0 unspecified atom stereocenters. The summed E-state index contributed by atoms with van der Waals surface area (Å²) < 4.78 is 9.92. The maximum atomic E-state index is 11.5. The Kier molecular flexibility index (Phi) is 3.63. The molecule has 1 heterocycles. The fraction of sp³-hybridized carbons (Fsp3) is 0.636. The van der Waals surface area contributed by atoms with Gasteiger partial charge < -0.3 is 14.6 Å². The molecule has 0 saturated carbocycles. The third kappa shape index (κ3) is 2.76. The second-order valence-corrected chi connectivity index (χ2v) is 4.11. The van der Waals surface area contributed by atoms with Crippen molar-refractivity contribution in [3.05, 3.63) is 21.7 Å². The zero-order valence-electron chi connectivity index (χ0n) is 9.75. The highest BCUT2D eigenvalue weighted by atomic mass is 16.5. The third-order valence-corrected chi connectivity index (χ3v) is 2.86. The molecule has 1 aliphatic carbocycles. The standard InChI is InChI=1S/C11H16N2O4/c1-7(14)16-6-5-12-8-3-2-4-9-10(8)11(15)13-17-9/h8,12H,2-6H2,1H3,(H,13,15)/t8-/m0/s1. The molecule has 1 aliphatic rings. The van der Waals surface area contributed by atoms with Crippen LogP contribution in [0.5, 0.6) is 0 Å². The summed E-state index contributed by atoms with van der Waals surface area (Å²) in [5.74, 6) is 0.448. The Labute approximate surface area is 98.3 Å². The van der Waals surface area contributed by atoms with Crippen molar-refractivity contribution in [3.8, 4) is 0 Å². The molecule has 1 aromatic rings. The van der Waals surface area contributed by atoms with Crippen LogP contribution >= 0.6 is 0 Å². The number of carbonyl (C=O) groups excluding carboxylic acids is 1. The molecule has 0 aromatic carbocycles. The average Bonchev–Trinajstić information content (AvgIpc) is 2.67. The summed E-state index contributed by atoms with van der Waals surface area (Å²) in [6.45, 7) is 2.23. The Balaban J connectivity index is 1.92. The van der Waals surface area contributed by atoms with E-state index in [4.69, 9.17) is 9.26 Å². The van der Waals surface area contributed by atoms with Crippen molar-refractivity contribution in [2.45, 2.75) is 32.2 Å². The maximum absolute atomic E-state index is 11.5. The topological polar surface area (TPSA) is 84.3 Å². The highest BCUT2D eigenvalue weighted by molar-refractivity contribution is 5.65. The quantitative estimate of drug-likeness (QED) is 0.591. The molecular formula is C11H16N2O4. The van der Waals surface area contributed by atoms with Crippen LogP contribution in [0.4, 0.5) is 0 Å². The minimum absolute atomic E-state index is 0.00296. The summed E-state index contributed by atoms with van der Waals surface area (Å²) in [5.41, 5.74) is 0.531. The van der Waals surface area contributed by atoms with E-state index >= 15 is 0 Å². The molecule has 94 valence electrons. The molecule has 1 aromatic heterocycles. The van der Waals surface area contributed by atoms with Crippen LogP contribution < -0.4 is 10.9 Å². The van der Waals surface area contributed by atoms with Crippen LogP contribution in [0.15, 0.2) is 9.32 Å². The van der Waals surface area contributed by atoms with Gasteiger partial charge in [0.15, 0.2) is 0 Å². The summed E-state index contributed by atoms with van der Waals surface area (Å²) in [6, 6.07) is -0.00296. The van der Waals surface area contributed by atoms with Crippen molar-refractivity contribution in [3.63, 3.8) is 0 Å². The van der Waals surface area contributed by atoms with Gasteiger partial charge in [-0.25, -0.2) is 0 Å². The van der Waals surface area contributed by atoms with E-state index in [0.717, 1.165) is 25.0 Å². The van der Waals surface area contributed by atoms with E-state index in [1.165, 1.54) is 6.92 Å². The number of hydrogen-bond donors (Lipinski definition) is 2. The Morgan fingerprint density at radius 1 is 1.65 bits per heavy atom. The number of esters is 1. The van der Waals surface area contributed by atoms with Crippen LogP contribution in [0.25, 0.3) is 0 Å². The number of aryl methyl sites for hydroxylation is 1. The minimum atomic E-state index is -0.294. The van der Waals surface area contributed by atoms with Crippen molar-refractivity contribution in [2.24, 2.45) is 0 Å². The number of ether oxygens (including phenoxy) is 1. The fourth-order valence-corrected chi connectivity index (χ4v) is 2.13. The second kappa shape index (κ2) is 5.18. The van der Waals surface area contributed by atoms with Gasteiger partial charge in [-0.2, -0.15) is 5.16 Å². The molecular weight excluding hydrogens is 224 g/mol. The van der Waals surface area contributed by atoms with Crippen LogP contribution in [0.3, 0.4) is 0 Å². The van der Waals surface area contributed by atoms with Gasteiger partial charge in [-0.3, -0.25) is 9.59 Å². The van der Waals surface area contributed by atoms with E-state index in [-0.39, 0.29) is 17.6 Å². The molecule has 2 N–H and O–H groups in total. The van der Waals surface area contributed by atoms with Gasteiger partial charge in [0.2, 0.25) is 0 Å². The average molecular weight is 240 g/mol. The number of aromatic amines is 1. The lowest BCUT2D eigenvalue weighted by atomic mass is 9.93. The smallest absolute Gasteiger partial charge is 0.302 e. The van der Waals surface area contributed by atoms with Gasteiger partial charge in [0.1, 0.15) is 12.4 Å². The predicted molar refractivity (Wildman–Crippen MR) is 59.6 cm³/mol. The van der Waals surface area contributed by atoms with Gasteiger partial charge in [-0.05, 0) is 12.8 Å². The summed E-state index contributed by atoms with van der Waals surface area (Å²) in [6.07, 6.45) is 2.69. The second-order valence-electron chi connectivity index (χ2n) is 4.11. The lowest BCUT2D eigenvalue weighted by molar-refractivity contribution is -0.140. The Hall–Kier alpha value is -1.56. The molecule has 0 amide bonds. The zero-order chi connectivity index (χ0) is 12.3. The highest BCUT2D eigenvalue weighted by Crippen LogP contribution is 2.26. The number of rotatable bonds is 4. The summed E-state index contributed by atoms with van der Waals surface area (Å²) in [7, 11) is 0. The van der Waals surface area contributed by atoms with Crippen LogP contribution in [0.2, 0.25) is 0 Å². The normalized spacial score (nSPS) is 18.8. The summed E-state index contributed by atoms with van der Waals surface area (Å²) in [4.78, 5) is 22.1. The first kappa shape index (κ1) is 11.9. The van der Waals surface area contributed by atoms with Gasteiger partial charge in [0.05, 0.1) is 5.56 Å². The minimum Gasteiger partial charge on any atom is -0.465 e. The van der Waals surface area contributed by atoms with Crippen molar-refractivity contribution >= 4 is 5.97 Å². The monoisotopic (exact) mass is 240 g/mol. The third-order valence-electron chi connectivity index (χ3n) is 2.86. The Morgan fingerprint density at radius 3 is 3.24 bits per heavy atom. The SMILES string of the molecule is CC(=O)OCCN[C@H]1CCCc2o[nH]c(=O)c21. The number of nitrogens with one attached hydrogen (secondary N) is 2. The lowest BCUT2D eigenvalue weighted by Gasteiger charge is -2.21. The van der Waals surface area contributed by atoms with E-state index in [1.807, 2.05) is 0 Å². The molecule has 0 saturated heterocycles. The molecule has 17 heavy (non-hydrogen) atoms. The van der Waals surface area contributed by atoms with Crippen LogP contribution in [0.1, 0.15) is 37.1 Å². The van der Waals surface area contributed by atoms with Crippen molar-refractivity contribution in [1.29, 1.82) is 0 Å². The largest absolute Gasteiger partial charge is 0.465 e. The number of hydrogen-bond acceptors (Lipinski definition) is 5. The molecule has 6 heteroatoms. The van der Waals surface area contributed by atoms with Crippen LogP contribution in [-0.2, 0) is 16.0 Å². The van der Waals surface area contributed by atoms with E-state index in [9.17, 15) is 9.59 Å². The van der Waals surface area contributed by atoms with Gasteiger partial charge in [-0.15, -0.1) is 0 Å². The molecule has 0 bridgehead atoms. The molecule has 0 aliphatic heterocycles. The van der Waals surface area contributed by atoms with Crippen molar-refractivity contribution in [2.75, 3.05) is 13.2 Å². The van der Waals surface area contributed by atoms with Gasteiger partial charge >= 0.3 is 5.97 Å². The Morgan fingerprint density at radius 2 is 2.47 bits per heavy atom. The number of fused-ring (bicyclic) bond motifs is 1. The predicted octanol–water partition coefficient (Wildman–Crippen LogP) is 0.498. The van der Waals surface area contributed by atoms with Gasteiger partial charge in [-0.1, -0.05) is 0 Å². The molecule has 6 nitrogen and oxygen atoms in total. The maximum Gasteiger partial charge on any atom is 0.302 e. The fourth-order valence-electron chi connectivity index (χ4n) is 2.13. The molecule has 0 spiro atoms. The van der Waals surface area contributed by atoms with Crippen molar-refractivity contribution in [1.82, 2.24) is 10.5 Å². The van der Waals surface area contributed by atoms with Gasteiger partial charge in [0, 0.05) is 25.9 Å². The highest BCUT2D eigenvalue weighted by Gasteiger charge is 2.26. The van der Waals surface area contributed by atoms with E-state index in [1.54, 1.807) is 0 Å². The summed E-state index contributed by atoms with van der Waals surface area (Å²) in [5, 5.41) is 5.56. The Bertz CT molecular complexity index is 449. The number of carbonyl (C=O) groups is 1. The van der Waals surface area contributed by atoms with Crippen molar-refractivity contribution < 1.29 is 14.1 Å². The zero-order valence-corrected chi connectivity index (χ0v) is 9.75. The van der Waals surface area contributed by atoms with Crippen LogP contribution in [-0.4, -0.2) is 24.3 Å². The molecule has 2 rings (SSSR count). The number of aromatic nitrogens is 1. The first-order valence-electron chi connectivity index (χ1n) is 5.75. The first-order chi connectivity index (χ1) is 8.18. The van der Waals surface area contributed by atoms with E-state index in [2.05, 4.69) is 10.5 Å². The first-order valence-corrected chi connectivity index (χ1v) is 5.75. The summed E-state index contributed by atoms with van der Waals surface area (Å²) >= 11 is 0. The number of H-pyrrole nitrogens is 1. The molecule has 0 radical (unpaired) electrons. The van der Waals surface area contributed by atoms with E-state index < -0.39 is 0 Å². The van der Waals surface area contributed by atoms with E-state index in [0.29, 0.717) is 18.7 Å². The molecule has 1 atom stereocenters. The van der Waals surface area contributed by atoms with Gasteiger partial charge in [0.25, 0.3) is 5.56 Å². The van der Waals surface area contributed by atoms with Crippen LogP contribution in [0, 0.1) is 0 Å². The lowest BCUT2D eigenvalue weighted by Crippen LogP contribution is -2.31.